The van der Waals surface area contributed by atoms with E-state index in [2.05, 4.69) is 43.0 Å². The molecule has 2 aromatic rings. The smallest absolute Gasteiger partial charge is 0.274 e. The number of amides is 1. The molecular formula is C17H19BrN4O. The lowest BCUT2D eigenvalue weighted by atomic mass is 9.99. The quantitative estimate of drug-likeness (QED) is 0.888. The molecule has 0 unspecified atom stereocenters. The van der Waals surface area contributed by atoms with Crippen LogP contribution >= 0.6 is 15.9 Å². The van der Waals surface area contributed by atoms with E-state index in [0.717, 1.165) is 47.8 Å². The number of anilines is 2. The first kappa shape index (κ1) is 15.9. The molecule has 1 aliphatic heterocycles. The Hall–Kier alpha value is -1.95. The lowest BCUT2D eigenvalue weighted by Gasteiger charge is -2.31. The van der Waals surface area contributed by atoms with Crippen LogP contribution in [-0.4, -0.2) is 29.0 Å². The molecule has 0 saturated carbocycles. The fourth-order valence-electron chi connectivity index (χ4n) is 2.63. The van der Waals surface area contributed by atoms with E-state index in [9.17, 15) is 4.79 Å². The minimum absolute atomic E-state index is 0.231. The molecule has 23 heavy (non-hydrogen) atoms. The third-order valence-electron chi connectivity index (χ3n) is 4.11. The van der Waals surface area contributed by atoms with Crippen molar-refractivity contribution in [3.63, 3.8) is 0 Å². The van der Waals surface area contributed by atoms with E-state index < -0.39 is 0 Å². The van der Waals surface area contributed by atoms with Crippen LogP contribution < -0.4 is 10.2 Å². The van der Waals surface area contributed by atoms with Gasteiger partial charge in [0.1, 0.15) is 17.8 Å². The molecule has 0 radical (unpaired) electrons. The predicted molar refractivity (Wildman–Crippen MR) is 94.7 cm³/mol. The standard InChI is InChI=1S/C17H19BrN4O/c1-12-6-8-22(9-7-12)16-10-15(19-11-20-16)17(23)21-14-5-3-2-4-13(14)18/h2-5,10-12H,6-9H2,1H3,(H,21,23). The van der Waals surface area contributed by atoms with Crippen molar-refractivity contribution in [1.82, 2.24) is 9.97 Å². The minimum Gasteiger partial charge on any atom is -0.356 e. The molecule has 1 saturated heterocycles. The fraction of sp³-hybridized carbons (Fsp3) is 0.353. The van der Waals surface area contributed by atoms with Crippen molar-refractivity contribution in [2.75, 3.05) is 23.3 Å². The van der Waals surface area contributed by atoms with E-state index in [1.54, 1.807) is 6.07 Å². The fourth-order valence-corrected chi connectivity index (χ4v) is 3.01. The monoisotopic (exact) mass is 374 g/mol. The van der Waals surface area contributed by atoms with E-state index >= 15 is 0 Å². The number of hydrogen-bond donors (Lipinski definition) is 1. The minimum atomic E-state index is -0.231. The number of carbonyl (C=O) groups is 1. The topological polar surface area (TPSA) is 58.1 Å². The third kappa shape index (κ3) is 3.88. The summed E-state index contributed by atoms with van der Waals surface area (Å²) in [4.78, 5) is 23.1. The summed E-state index contributed by atoms with van der Waals surface area (Å²) in [5, 5.41) is 2.87. The number of nitrogens with zero attached hydrogens (tertiary/aromatic N) is 3. The Morgan fingerprint density at radius 1 is 1.26 bits per heavy atom. The summed E-state index contributed by atoms with van der Waals surface area (Å²) in [7, 11) is 0. The maximum absolute atomic E-state index is 12.4. The SMILES string of the molecule is CC1CCN(c2cc(C(=O)Nc3ccccc3Br)ncn2)CC1. The summed E-state index contributed by atoms with van der Waals surface area (Å²) in [5.74, 6) is 1.35. The van der Waals surface area contributed by atoms with Gasteiger partial charge in [0.25, 0.3) is 5.91 Å². The van der Waals surface area contributed by atoms with Gasteiger partial charge in [-0.1, -0.05) is 19.1 Å². The van der Waals surface area contributed by atoms with E-state index in [-0.39, 0.29) is 5.91 Å². The molecule has 1 fully saturated rings. The maximum Gasteiger partial charge on any atom is 0.274 e. The number of halogens is 1. The summed E-state index contributed by atoms with van der Waals surface area (Å²) in [6.07, 6.45) is 3.77. The van der Waals surface area contributed by atoms with Crippen LogP contribution in [0, 0.1) is 5.92 Å². The van der Waals surface area contributed by atoms with Gasteiger partial charge in [-0.25, -0.2) is 9.97 Å². The molecule has 6 heteroatoms. The first-order chi connectivity index (χ1) is 11.1. The van der Waals surface area contributed by atoms with E-state index in [1.807, 2.05) is 24.3 Å². The normalized spacial score (nSPS) is 15.5. The third-order valence-corrected chi connectivity index (χ3v) is 4.81. The summed E-state index contributed by atoms with van der Waals surface area (Å²) in [6.45, 7) is 4.22. The van der Waals surface area contributed by atoms with E-state index in [1.165, 1.54) is 6.33 Å². The molecule has 2 heterocycles. The number of para-hydroxylation sites is 1. The highest BCUT2D eigenvalue weighted by Gasteiger charge is 2.18. The Morgan fingerprint density at radius 3 is 2.74 bits per heavy atom. The zero-order chi connectivity index (χ0) is 16.2. The number of nitrogens with one attached hydrogen (secondary N) is 1. The first-order valence-corrected chi connectivity index (χ1v) is 8.55. The molecule has 1 aromatic carbocycles. The van der Waals surface area contributed by atoms with Crippen LogP contribution in [0.3, 0.4) is 0 Å². The van der Waals surface area contributed by atoms with Crippen molar-refractivity contribution < 1.29 is 4.79 Å². The molecule has 0 spiro atoms. The van der Waals surface area contributed by atoms with Crippen LogP contribution in [0.15, 0.2) is 41.1 Å². The lowest BCUT2D eigenvalue weighted by Crippen LogP contribution is -2.33. The van der Waals surface area contributed by atoms with Gasteiger partial charge in [-0.2, -0.15) is 0 Å². The van der Waals surface area contributed by atoms with Gasteiger partial charge in [-0.05, 0) is 46.8 Å². The Bertz CT molecular complexity index is 698. The van der Waals surface area contributed by atoms with Gasteiger partial charge in [0, 0.05) is 23.6 Å². The van der Waals surface area contributed by atoms with Gasteiger partial charge in [-0.15, -0.1) is 0 Å². The molecule has 1 N–H and O–H groups in total. The molecule has 5 nitrogen and oxygen atoms in total. The zero-order valence-corrected chi connectivity index (χ0v) is 14.6. The molecule has 0 bridgehead atoms. The van der Waals surface area contributed by atoms with Crippen molar-refractivity contribution in [1.29, 1.82) is 0 Å². The Balaban J connectivity index is 1.74. The molecule has 3 rings (SSSR count). The van der Waals surface area contributed by atoms with Crippen LogP contribution in [-0.2, 0) is 0 Å². The van der Waals surface area contributed by atoms with Gasteiger partial charge in [-0.3, -0.25) is 4.79 Å². The molecule has 1 amide bonds. The number of carbonyl (C=O) groups excluding carboxylic acids is 1. The number of benzene rings is 1. The van der Waals surface area contributed by atoms with Gasteiger partial charge in [0.15, 0.2) is 0 Å². The summed E-state index contributed by atoms with van der Waals surface area (Å²) >= 11 is 3.42. The number of rotatable bonds is 3. The van der Waals surface area contributed by atoms with Crippen molar-refractivity contribution in [3.05, 3.63) is 46.8 Å². The van der Waals surface area contributed by atoms with Crippen molar-refractivity contribution in [3.8, 4) is 0 Å². The molecule has 1 aromatic heterocycles. The second kappa shape index (κ2) is 7.08. The van der Waals surface area contributed by atoms with Crippen LogP contribution in [0.1, 0.15) is 30.3 Å². The Morgan fingerprint density at radius 2 is 2.00 bits per heavy atom. The van der Waals surface area contributed by atoms with E-state index in [4.69, 9.17) is 0 Å². The average Bonchev–Trinajstić information content (AvgIpc) is 2.58. The van der Waals surface area contributed by atoms with Gasteiger partial charge in [0.2, 0.25) is 0 Å². The van der Waals surface area contributed by atoms with Gasteiger partial charge >= 0.3 is 0 Å². The Kier molecular flexibility index (Phi) is 4.91. The van der Waals surface area contributed by atoms with Crippen LogP contribution in [0.5, 0.6) is 0 Å². The predicted octanol–water partition coefficient (Wildman–Crippen LogP) is 3.73. The molecule has 0 aliphatic carbocycles. The van der Waals surface area contributed by atoms with Crippen LogP contribution in [0.2, 0.25) is 0 Å². The van der Waals surface area contributed by atoms with Gasteiger partial charge < -0.3 is 10.2 Å². The van der Waals surface area contributed by atoms with Crippen molar-refractivity contribution >= 4 is 33.3 Å². The number of hydrogen-bond acceptors (Lipinski definition) is 4. The zero-order valence-electron chi connectivity index (χ0n) is 13.0. The van der Waals surface area contributed by atoms with Crippen molar-refractivity contribution in [2.24, 2.45) is 5.92 Å². The molecular weight excluding hydrogens is 356 g/mol. The molecule has 1 aliphatic rings. The molecule has 120 valence electrons. The second-order valence-corrected chi connectivity index (χ2v) is 6.72. The highest BCUT2D eigenvalue weighted by Crippen LogP contribution is 2.23. The Labute approximate surface area is 144 Å². The maximum atomic E-state index is 12.4. The summed E-state index contributed by atoms with van der Waals surface area (Å²) in [5.41, 5.74) is 1.11. The van der Waals surface area contributed by atoms with Gasteiger partial charge in [0.05, 0.1) is 5.69 Å². The van der Waals surface area contributed by atoms with Crippen molar-refractivity contribution in [2.45, 2.75) is 19.8 Å². The summed E-state index contributed by atoms with van der Waals surface area (Å²) < 4.78 is 0.840. The highest BCUT2D eigenvalue weighted by molar-refractivity contribution is 9.10. The lowest BCUT2D eigenvalue weighted by molar-refractivity contribution is 0.102. The van der Waals surface area contributed by atoms with E-state index in [0.29, 0.717) is 5.69 Å². The second-order valence-electron chi connectivity index (χ2n) is 5.86. The first-order valence-electron chi connectivity index (χ1n) is 7.76. The highest BCUT2D eigenvalue weighted by atomic mass is 79.9. The molecule has 0 atom stereocenters. The largest absolute Gasteiger partial charge is 0.356 e. The summed E-state index contributed by atoms with van der Waals surface area (Å²) in [6, 6.07) is 9.27. The van der Waals surface area contributed by atoms with Crippen LogP contribution in [0.4, 0.5) is 11.5 Å². The average molecular weight is 375 g/mol. The number of piperidine rings is 1. The van der Waals surface area contributed by atoms with Crippen LogP contribution in [0.25, 0.3) is 0 Å². The number of aromatic nitrogens is 2.